The van der Waals surface area contributed by atoms with Crippen molar-refractivity contribution in [2.45, 2.75) is 39.4 Å². The summed E-state index contributed by atoms with van der Waals surface area (Å²) in [6.07, 6.45) is 2.37. The van der Waals surface area contributed by atoms with E-state index in [2.05, 4.69) is 29.0 Å². The van der Waals surface area contributed by atoms with Crippen LogP contribution in [0.15, 0.2) is 28.9 Å². The number of benzene rings is 1. The topological polar surface area (TPSA) is 61.6 Å². The molecule has 8 heteroatoms. The quantitative estimate of drug-likeness (QED) is 0.619. The van der Waals surface area contributed by atoms with Crippen molar-refractivity contribution in [3.8, 4) is 0 Å². The predicted octanol–water partition coefficient (Wildman–Crippen LogP) is 4.07. The van der Waals surface area contributed by atoms with Crippen LogP contribution in [0, 0.1) is 0 Å². The zero-order valence-electron chi connectivity index (χ0n) is 16.8. The number of halogens is 2. The molecule has 0 saturated carbocycles. The zero-order valence-corrected chi connectivity index (χ0v) is 18.3. The van der Waals surface area contributed by atoms with Gasteiger partial charge in [0.2, 0.25) is 5.89 Å². The molecule has 2 rings (SSSR count). The van der Waals surface area contributed by atoms with Crippen LogP contribution in [0.5, 0.6) is 0 Å². The van der Waals surface area contributed by atoms with Gasteiger partial charge >= 0.3 is 0 Å². The van der Waals surface area contributed by atoms with Crippen molar-refractivity contribution < 1.29 is 9.21 Å². The van der Waals surface area contributed by atoms with Gasteiger partial charge in [0.15, 0.2) is 5.69 Å². The summed E-state index contributed by atoms with van der Waals surface area (Å²) in [6.45, 7) is 6.71. The van der Waals surface area contributed by atoms with Crippen LogP contribution in [-0.2, 0) is 13.1 Å². The normalized spacial score (nSPS) is 12.6. The molecule has 0 saturated heterocycles. The van der Waals surface area contributed by atoms with Gasteiger partial charge in [0.25, 0.3) is 5.91 Å². The number of carbonyl (C=O) groups is 1. The monoisotopic (exact) mass is 426 g/mol. The third kappa shape index (κ3) is 6.78. The Balaban J connectivity index is 2.04. The first-order valence-corrected chi connectivity index (χ1v) is 10.1. The van der Waals surface area contributed by atoms with E-state index in [-0.39, 0.29) is 11.9 Å². The molecule has 1 heterocycles. The summed E-state index contributed by atoms with van der Waals surface area (Å²) in [4.78, 5) is 20.8. The molecule has 0 radical (unpaired) electrons. The molecule has 0 fully saturated rings. The second kappa shape index (κ2) is 10.8. The Morgan fingerprint density at radius 2 is 2.04 bits per heavy atom. The van der Waals surface area contributed by atoms with Crippen molar-refractivity contribution in [3.05, 3.63) is 51.7 Å². The van der Waals surface area contributed by atoms with Crippen LogP contribution in [0.3, 0.4) is 0 Å². The predicted molar refractivity (Wildman–Crippen MR) is 113 cm³/mol. The van der Waals surface area contributed by atoms with Gasteiger partial charge in [-0.25, -0.2) is 4.98 Å². The number of oxazole rings is 1. The number of hydrogen-bond donors (Lipinski definition) is 1. The Hall–Kier alpha value is -1.60. The van der Waals surface area contributed by atoms with Gasteiger partial charge in [0.1, 0.15) is 6.26 Å². The molecule has 2 aromatic rings. The van der Waals surface area contributed by atoms with Crippen LogP contribution in [-0.4, -0.2) is 53.9 Å². The fourth-order valence-corrected chi connectivity index (χ4v) is 3.11. The highest BCUT2D eigenvalue weighted by atomic mass is 35.5. The molecule has 1 unspecified atom stereocenters. The van der Waals surface area contributed by atoms with Crippen LogP contribution in [0.2, 0.25) is 10.0 Å². The summed E-state index contributed by atoms with van der Waals surface area (Å²) in [6, 6.07) is 5.79. The lowest BCUT2D eigenvalue weighted by atomic mass is 10.1. The highest BCUT2D eigenvalue weighted by molar-refractivity contribution is 6.35. The average molecular weight is 427 g/mol. The number of nitrogens with zero attached hydrogens (tertiary/aromatic N) is 3. The summed E-state index contributed by atoms with van der Waals surface area (Å²) in [5, 5.41) is 4.08. The van der Waals surface area contributed by atoms with Crippen molar-refractivity contribution in [3.63, 3.8) is 0 Å². The molecule has 0 aliphatic carbocycles. The smallest absolute Gasteiger partial charge is 0.273 e. The van der Waals surface area contributed by atoms with Crippen molar-refractivity contribution in [2.75, 3.05) is 27.2 Å². The summed E-state index contributed by atoms with van der Waals surface area (Å²) in [5.41, 5.74) is 1.28. The van der Waals surface area contributed by atoms with Crippen molar-refractivity contribution in [1.29, 1.82) is 0 Å². The van der Waals surface area contributed by atoms with E-state index >= 15 is 0 Å². The van der Waals surface area contributed by atoms with E-state index in [1.54, 1.807) is 6.07 Å². The molecule has 6 nitrogen and oxygen atoms in total. The van der Waals surface area contributed by atoms with Gasteiger partial charge in [-0.3, -0.25) is 9.69 Å². The molecule has 1 amide bonds. The first kappa shape index (κ1) is 22.7. The van der Waals surface area contributed by atoms with E-state index in [1.165, 1.54) is 6.26 Å². The highest BCUT2D eigenvalue weighted by Gasteiger charge is 2.19. The molecule has 0 aliphatic rings. The maximum absolute atomic E-state index is 12.2. The number of likely N-dealkylation sites (N-methyl/N-ethyl adjacent to an activating group) is 1. The Kier molecular flexibility index (Phi) is 8.76. The molecule has 1 N–H and O–H groups in total. The fourth-order valence-electron chi connectivity index (χ4n) is 2.64. The van der Waals surface area contributed by atoms with E-state index in [0.717, 1.165) is 18.5 Å². The zero-order chi connectivity index (χ0) is 20.7. The van der Waals surface area contributed by atoms with Crippen LogP contribution in [0.25, 0.3) is 0 Å². The minimum absolute atomic E-state index is 0.229. The maximum Gasteiger partial charge on any atom is 0.273 e. The van der Waals surface area contributed by atoms with E-state index in [9.17, 15) is 4.79 Å². The second-order valence-corrected chi connectivity index (χ2v) is 7.93. The average Bonchev–Trinajstić information content (AvgIpc) is 3.11. The van der Waals surface area contributed by atoms with Crippen molar-refractivity contribution in [2.24, 2.45) is 0 Å². The van der Waals surface area contributed by atoms with E-state index in [1.807, 2.05) is 31.1 Å². The van der Waals surface area contributed by atoms with Gasteiger partial charge in [0.05, 0.1) is 6.54 Å². The van der Waals surface area contributed by atoms with Crippen LogP contribution in [0.4, 0.5) is 0 Å². The van der Waals surface area contributed by atoms with E-state index < -0.39 is 0 Å². The number of nitrogens with one attached hydrogen (secondary N) is 1. The number of rotatable bonds is 10. The third-order valence-electron chi connectivity index (χ3n) is 4.57. The first-order valence-electron chi connectivity index (χ1n) is 9.35. The minimum Gasteiger partial charge on any atom is -0.447 e. The van der Waals surface area contributed by atoms with Gasteiger partial charge in [-0.2, -0.15) is 0 Å². The van der Waals surface area contributed by atoms with Crippen molar-refractivity contribution >= 4 is 29.1 Å². The van der Waals surface area contributed by atoms with Gasteiger partial charge in [-0.1, -0.05) is 36.2 Å². The molecular formula is C20H28Cl2N4O2. The molecule has 0 spiro atoms. The summed E-state index contributed by atoms with van der Waals surface area (Å²) < 4.78 is 5.55. The first-order chi connectivity index (χ1) is 13.3. The van der Waals surface area contributed by atoms with E-state index in [4.69, 9.17) is 27.6 Å². The van der Waals surface area contributed by atoms with Crippen LogP contribution >= 0.6 is 23.2 Å². The Morgan fingerprint density at radius 3 is 2.68 bits per heavy atom. The summed E-state index contributed by atoms with van der Waals surface area (Å²) in [7, 11) is 3.91. The van der Waals surface area contributed by atoms with Gasteiger partial charge < -0.3 is 14.6 Å². The number of aromatic nitrogens is 1. The third-order valence-corrected chi connectivity index (χ3v) is 5.16. The molecular weight excluding hydrogens is 399 g/mol. The molecule has 154 valence electrons. The minimum atomic E-state index is -0.229. The number of carbonyl (C=O) groups excluding carboxylic acids is 1. The lowest BCUT2D eigenvalue weighted by Gasteiger charge is -2.27. The molecule has 0 aliphatic heterocycles. The number of amides is 1. The highest BCUT2D eigenvalue weighted by Crippen LogP contribution is 2.24. The SMILES string of the molecule is CCC(C)N(Cc1nc(C(=O)NCCN(C)C)co1)Cc1ccc(Cl)cc1Cl. The van der Waals surface area contributed by atoms with E-state index in [0.29, 0.717) is 41.3 Å². The van der Waals surface area contributed by atoms with Gasteiger partial charge in [-0.15, -0.1) is 0 Å². The summed E-state index contributed by atoms with van der Waals surface area (Å²) >= 11 is 12.3. The lowest BCUT2D eigenvalue weighted by Crippen LogP contribution is -2.32. The molecule has 1 aromatic carbocycles. The molecule has 0 bridgehead atoms. The number of hydrogen-bond acceptors (Lipinski definition) is 5. The lowest BCUT2D eigenvalue weighted by molar-refractivity contribution is 0.0946. The Morgan fingerprint density at radius 1 is 1.29 bits per heavy atom. The van der Waals surface area contributed by atoms with Crippen LogP contribution < -0.4 is 5.32 Å². The van der Waals surface area contributed by atoms with Crippen LogP contribution in [0.1, 0.15) is 42.2 Å². The van der Waals surface area contributed by atoms with Crippen molar-refractivity contribution in [1.82, 2.24) is 20.1 Å². The molecule has 28 heavy (non-hydrogen) atoms. The summed E-state index contributed by atoms with van der Waals surface area (Å²) in [5.74, 6) is 0.274. The van der Waals surface area contributed by atoms with Gasteiger partial charge in [-0.05, 0) is 45.1 Å². The standard InChI is InChI=1S/C20H28Cl2N4O2/c1-5-14(2)26(11-15-6-7-16(21)10-17(15)22)12-19-24-18(13-28-19)20(27)23-8-9-25(3)4/h6-7,10,13-14H,5,8-9,11-12H2,1-4H3,(H,23,27). The van der Waals surface area contributed by atoms with Gasteiger partial charge in [0, 0.05) is 35.7 Å². The second-order valence-electron chi connectivity index (χ2n) is 7.08. The Bertz CT molecular complexity index is 779. The Labute approximate surface area is 176 Å². The molecule has 1 aromatic heterocycles. The molecule has 1 atom stereocenters. The maximum atomic E-state index is 12.2. The fraction of sp³-hybridized carbons (Fsp3) is 0.500. The largest absolute Gasteiger partial charge is 0.447 e.